The third-order valence-electron chi connectivity index (χ3n) is 5.19. The van der Waals surface area contributed by atoms with Crippen LogP contribution >= 0.6 is 0 Å². The molecule has 1 aliphatic heterocycles. The van der Waals surface area contributed by atoms with Crippen molar-refractivity contribution in [2.45, 2.75) is 66.5 Å². The van der Waals surface area contributed by atoms with Crippen molar-refractivity contribution in [3.05, 3.63) is 23.0 Å². The van der Waals surface area contributed by atoms with E-state index >= 15 is 0 Å². The molecular formula is C21H31N5O2. The molecule has 0 spiro atoms. The van der Waals surface area contributed by atoms with Gasteiger partial charge in [-0.15, -0.1) is 0 Å². The van der Waals surface area contributed by atoms with Gasteiger partial charge >= 0.3 is 0 Å². The molecule has 1 aliphatic rings. The van der Waals surface area contributed by atoms with E-state index in [1.54, 1.807) is 0 Å². The topological polar surface area (TPSA) is 80.1 Å². The minimum Gasteiger partial charge on any atom is -0.354 e. The summed E-state index contributed by atoms with van der Waals surface area (Å²) in [7, 11) is 0. The van der Waals surface area contributed by atoms with Gasteiger partial charge in [-0.1, -0.05) is 0 Å². The van der Waals surface area contributed by atoms with Gasteiger partial charge in [0.2, 0.25) is 5.91 Å². The van der Waals surface area contributed by atoms with E-state index in [2.05, 4.69) is 29.2 Å². The summed E-state index contributed by atoms with van der Waals surface area (Å²) in [5.74, 6) is -0.158. The fraction of sp³-hybridized carbons (Fsp3) is 0.619. The lowest BCUT2D eigenvalue weighted by atomic mass is 9.96. The predicted molar refractivity (Wildman–Crippen MR) is 109 cm³/mol. The zero-order valence-electron chi connectivity index (χ0n) is 17.7. The van der Waals surface area contributed by atoms with Crippen LogP contribution < -0.4 is 5.32 Å². The number of fused-ring (bicyclic) bond motifs is 1. The second-order valence-electron chi connectivity index (χ2n) is 8.39. The van der Waals surface area contributed by atoms with Crippen LogP contribution in [0.4, 0.5) is 0 Å². The lowest BCUT2D eigenvalue weighted by Crippen LogP contribution is -2.46. The van der Waals surface area contributed by atoms with Crippen LogP contribution in [0.15, 0.2) is 6.07 Å². The molecule has 0 saturated carbocycles. The zero-order chi connectivity index (χ0) is 20.6. The molecule has 7 heteroatoms. The first-order valence-corrected chi connectivity index (χ1v) is 10.1. The van der Waals surface area contributed by atoms with E-state index in [1.165, 1.54) is 0 Å². The predicted octanol–water partition coefficient (Wildman–Crippen LogP) is 3.01. The molecule has 1 saturated heterocycles. The van der Waals surface area contributed by atoms with Gasteiger partial charge in [-0.3, -0.25) is 9.59 Å². The van der Waals surface area contributed by atoms with Crippen LogP contribution in [-0.4, -0.2) is 50.6 Å². The Morgan fingerprint density at radius 2 is 1.93 bits per heavy atom. The highest BCUT2D eigenvalue weighted by atomic mass is 16.2. The number of aryl methyl sites for hydroxylation is 2. The van der Waals surface area contributed by atoms with Gasteiger partial charge < -0.3 is 10.2 Å². The lowest BCUT2D eigenvalue weighted by Gasteiger charge is -2.32. The summed E-state index contributed by atoms with van der Waals surface area (Å²) in [6, 6.07) is 2.11. The van der Waals surface area contributed by atoms with Crippen LogP contribution in [0.1, 0.15) is 68.3 Å². The molecule has 2 aromatic rings. The van der Waals surface area contributed by atoms with Crippen LogP contribution in [0.25, 0.3) is 11.0 Å². The second-order valence-corrected chi connectivity index (χ2v) is 8.39. The van der Waals surface area contributed by atoms with Crippen LogP contribution in [0.5, 0.6) is 0 Å². The molecule has 1 N–H and O–H groups in total. The fourth-order valence-corrected chi connectivity index (χ4v) is 3.92. The average Bonchev–Trinajstić information content (AvgIpc) is 2.96. The van der Waals surface area contributed by atoms with E-state index in [4.69, 9.17) is 0 Å². The number of aromatic nitrogens is 3. The number of piperidine rings is 1. The number of nitrogens with one attached hydrogen (secondary N) is 1. The van der Waals surface area contributed by atoms with E-state index in [0.29, 0.717) is 18.7 Å². The van der Waals surface area contributed by atoms with Gasteiger partial charge in [-0.25, -0.2) is 9.67 Å². The Balaban J connectivity index is 1.94. The SMILES string of the molecule is Cc1cc(C(=O)N2CCCC(C(=O)NC(C)C)C2)c2c(C)nn(C(C)C)c2n1. The molecule has 7 nitrogen and oxygen atoms in total. The monoisotopic (exact) mass is 385 g/mol. The molecule has 2 amide bonds. The number of rotatable bonds is 4. The highest BCUT2D eigenvalue weighted by molar-refractivity contribution is 6.06. The van der Waals surface area contributed by atoms with Crippen LogP contribution in [0.2, 0.25) is 0 Å². The van der Waals surface area contributed by atoms with Crippen LogP contribution in [0.3, 0.4) is 0 Å². The van der Waals surface area contributed by atoms with Gasteiger partial charge in [0.05, 0.1) is 22.6 Å². The summed E-state index contributed by atoms with van der Waals surface area (Å²) in [5, 5.41) is 8.41. The summed E-state index contributed by atoms with van der Waals surface area (Å²) < 4.78 is 1.88. The molecule has 0 bridgehead atoms. The maximum atomic E-state index is 13.4. The van der Waals surface area contributed by atoms with Crippen molar-refractivity contribution in [1.29, 1.82) is 0 Å². The van der Waals surface area contributed by atoms with Crippen molar-refractivity contribution in [1.82, 2.24) is 25.0 Å². The maximum Gasteiger partial charge on any atom is 0.254 e. The normalized spacial score (nSPS) is 17.6. The molecule has 3 rings (SSSR count). The van der Waals surface area contributed by atoms with Gasteiger partial charge in [-0.05, 0) is 60.5 Å². The molecule has 0 aromatic carbocycles. The number of nitrogens with zero attached hydrogens (tertiary/aromatic N) is 4. The molecule has 28 heavy (non-hydrogen) atoms. The first-order valence-electron chi connectivity index (χ1n) is 10.1. The Labute approximate surface area is 166 Å². The Bertz CT molecular complexity index is 900. The van der Waals surface area contributed by atoms with E-state index in [1.807, 2.05) is 43.3 Å². The molecule has 152 valence electrons. The summed E-state index contributed by atoms with van der Waals surface area (Å²) >= 11 is 0. The van der Waals surface area contributed by atoms with Crippen molar-refractivity contribution in [2.75, 3.05) is 13.1 Å². The summed E-state index contributed by atoms with van der Waals surface area (Å²) in [6.07, 6.45) is 1.65. The van der Waals surface area contributed by atoms with Crippen molar-refractivity contribution in [3.8, 4) is 0 Å². The van der Waals surface area contributed by atoms with Gasteiger partial charge in [0, 0.05) is 30.9 Å². The number of hydrogen-bond donors (Lipinski definition) is 1. The molecule has 1 unspecified atom stereocenters. The summed E-state index contributed by atoms with van der Waals surface area (Å²) in [5.41, 5.74) is 2.99. The maximum absolute atomic E-state index is 13.4. The van der Waals surface area contributed by atoms with Crippen molar-refractivity contribution in [3.63, 3.8) is 0 Å². The van der Waals surface area contributed by atoms with Crippen molar-refractivity contribution < 1.29 is 9.59 Å². The highest BCUT2D eigenvalue weighted by Crippen LogP contribution is 2.27. The average molecular weight is 386 g/mol. The fourth-order valence-electron chi connectivity index (χ4n) is 3.92. The molecule has 2 aromatic heterocycles. The Morgan fingerprint density at radius 1 is 1.21 bits per heavy atom. The number of carbonyl (C=O) groups excluding carboxylic acids is 2. The molecular weight excluding hydrogens is 354 g/mol. The van der Waals surface area contributed by atoms with E-state index in [-0.39, 0.29) is 29.8 Å². The lowest BCUT2D eigenvalue weighted by molar-refractivity contribution is -0.126. The number of carbonyl (C=O) groups is 2. The largest absolute Gasteiger partial charge is 0.354 e. The van der Waals surface area contributed by atoms with Crippen molar-refractivity contribution in [2.24, 2.45) is 5.92 Å². The summed E-state index contributed by atoms with van der Waals surface area (Å²) in [4.78, 5) is 32.3. The Hall–Kier alpha value is -2.44. The van der Waals surface area contributed by atoms with Gasteiger partial charge in [0.25, 0.3) is 5.91 Å². The standard InChI is InChI=1S/C21H31N5O2/c1-12(2)22-20(27)16-8-7-9-25(11-16)21(28)17-10-14(5)23-19-18(17)15(6)24-26(19)13(3)4/h10,12-13,16H,7-9,11H2,1-6H3,(H,22,27). The minimum absolute atomic E-state index is 0.0346. The van der Waals surface area contributed by atoms with Gasteiger partial charge in [0.1, 0.15) is 0 Å². The highest BCUT2D eigenvalue weighted by Gasteiger charge is 2.31. The first kappa shape index (κ1) is 20.3. The molecule has 1 fully saturated rings. The smallest absolute Gasteiger partial charge is 0.254 e. The molecule has 0 aliphatic carbocycles. The molecule has 0 radical (unpaired) electrons. The molecule has 1 atom stereocenters. The van der Waals surface area contributed by atoms with E-state index in [9.17, 15) is 9.59 Å². The first-order chi connectivity index (χ1) is 13.2. The van der Waals surface area contributed by atoms with Gasteiger partial charge in [0.15, 0.2) is 5.65 Å². The number of amides is 2. The minimum atomic E-state index is -0.155. The zero-order valence-corrected chi connectivity index (χ0v) is 17.7. The number of likely N-dealkylation sites (tertiary alicyclic amines) is 1. The Morgan fingerprint density at radius 3 is 2.57 bits per heavy atom. The Kier molecular flexibility index (Phi) is 5.72. The van der Waals surface area contributed by atoms with Crippen molar-refractivity contribution >= 4 is 22.8 Å². The molecule has 3 heterocycles. The third kappa shape index (κ3) is 3.88. The van der Waals surface area contributed by atoms with E-state index in [0.717, 1.165) is 35.3 Å². The summed E-state index contributed by atoms with van der Waals surface area (Å²) in [6.45, 7) is 13.0. The number of hydrogen-bond acceptors (Lipinski definition) is 4. The quantitative estimate of drug-likeness (QED) is 0.877. The van der Waals surface area contributed by atoms with Crippen LogP contribution in [0, 0.1) is 19.8 Å². The van der Waals surface area contributed by atoms with Crippen LogP contribution in [-0.2, 0) is 4.79 Å². The van der Waals surface area contributed by atoms with E-state index < -0.39 is 0 Å². The third-order valence-corrected chi connectivity index (χ3v) is 5.19. The van der Waals surface area contributed by atoms with Gasteiger partial charge in [-0.2, -0.15) is 5.10 Å². The second kappa shape index (κ2) is 7.89. The number of pyridine rings is 1.